The Labute approximate surface area is 147 Å². The predicted molar refractivity (Wildman–Crippen MR) is 96.4 cm³/mol. The molecule has 0 unspecified atom stereocenters. The van der Waals surface area contributed by atoms with Crippen LogP contribution in [0.3, 0.4) is 0 Å². The van der Waals surface area contributed by atoms with Crippen LogP contribution in [0.15, 0.2) is 23.7 Å². The summed E-state index contributed by atoms with van der Waals surface area (Å²) < 4.78 is 1.73. The minimum absolute atomic E-state index is 0.0451. The van der Waals surface area contributed by atoms with E-state index in [2.05, 4.69) is 44.8 Å². The number of thiophene rings is 1. The molecule has 0 bridgehead atoms. The number of aryl methyl sites for hydroxylation is 1. The summed E-state index contributed by atoms with van der Waals surface area (Å²) in [6.45, 7) is 6.73. The lowest BCUT2D eigenvalue weighted by molar-refractivity contribution is 0.0889. The zero-order valence-corrected chi connectivity index (χ0v) is 15.3. The summed E-state index contributed by atoms with van der Waals surface area (Å²) in [5.41, 5.74) is 1.54. The Balaban J connectivity index is 1.68. The van der Waals surface area contributed by atoms with Crippen LogP contribution in [-0.4, -0.2) is 65.3 Å². The molecule has 0 spiro atoms. The number of carbonyl (C=O) groups excluding carboxylic acids is 1. The maximum Gasteiger partial charge on any atom is 0.254 e. The number of nitrogens with one attached hydrogen (secondary N) is 1. The van der Waals surface area contributed by atoms with Crippen LogP contribution in [0, 0.1) is 6.92 Å². The Morgan fingerprint density at radius 3 is 2.67 bits per heavy atom. The topological polar surface area (TPSA) is 53.4 Å². The molecule has 1 amide bonds. The zero-order valence-electron chi connectivity index (χ0n) is 14.5. The van der Waals surface area contributed by atoms with Crippen LogP contribution >= 0.6 is 11.3 Å². The van der Waals surface area contributed by atoms with Gasteiger partial charge in [-0.15, -0.1) is 11.3 Å². The highest BCUT2D eigenvalue weighted by Crippen LogP contribution is 2.25. The van der Waals surface area contributed by atoms with E-state index in [1.807, 2.05) is 14.0 Å². The molecule has 7 heteroatoms. The first-order valence-corrected chi connectivity index (χ1v) is 9.17. The van der Waals surface area contributed by atoms with Gasteiger partial charge in [0.15, 0.2) is 0 Å². The van der Waals surface area contributed by atoms with Crippen LogP contribution in [0.25, 0.3) is 0 Å². The molecule has 0 saturated carbocycles. The van der Waals surface area contributed by atoms with Crippen LogP contribution in [0.4, 0.5) is 0 Å². The Morgan fingerprint density at radius 2 is 2.08 bits per heavy atom. The molecular weight excluding hydrogens is 322 g/mol. The van der Waals surface area contributed by atoms with Gasteiger partial charge in [-0.2, -0.15) is 5.10 Å². The van der Waals surface area contributed by atoms with Crippen molar-refractivity contribution in [3.8, 4) is 0 Å². The van der Waals surface area contributed by atoms with Crippen LogP contribution in [0.2, 0.25) is 0 Å². The zero-order chi connectivity index (χ0) is 17.1. The van der Waals surface area contributed by atoms with E-state index in [1.165, 1.54) is 4.88 Å². The SMILES string of the molecule is Cc1c(C(=O)NC[C@@H](c2cccs2)N2CCN(C)CC2)cnn1C. The van der Waals surface area contributed by atoms with Gasteiger partial charge in [0, 0.05) is 50.3 Å². The summed E-state index contributed by atoms with van der Waals surface area (Å²) in [6, 6.07) is 4.48. The third-order valence-electron chi connectivity index (χ3n) is 4.79. The number of hydrogen-bond donors (Lipinski definition) is 1. The fourth-order valence-corrected chi connectivity index (χ4v) is 3.89. The molecule has 2 aromatic rings. The molecule has 24 heavy (non-hydrogen) atoms. The number of amides is 1. The van der Waals surface area contributed by atoms with E-state index in [9.17, 15) is 4.79 Å². The van der Waals surface area contributed by atoms with E-state index in [0.29, 0.717) is 12.1 Å². The van der Waals surface area contributed by atoms with Crippen molar-refractivity contribution in [2.24, 2.45) is 7.05 Å². The van der Waals surface area contributed by atoms with Crippen molar-refractivity contribution in [3.05, 3.63) is 39.8 Å². The third kappa shape index (κ3) is 3.68. The van der Waals surface area contributed by atoms with Crippen molar-refractivity contribution in [1.29, 1.82) is 0 Å². The first kappa shape index (κ1) is 17.1. The van der Waals surface area contributed by atoms with Crippen molar-refractivity contribution in [2.45, 2.75) is 13.0 Å². The van der Waals surface area contributed by atoms with Gasteiger partial charge in [-0.3, -0.25) is 14.4 Å². The molecule has 1 N–H and O–H groups in total. The lowest BCUT2D eigenvalue weighted by Crippen LogP contribution is -2.48. The van der Waals surface area contributed by atoms with E-state index in [1.54, 1.807) is 22.2 Å². The molecule has 1 fully saturated rings. The van der Waals surface area contributed by atoms with Gasteiger partial charge in [-0.05, 0) is 25.4 Å². The molecule has 1 aliphatic rings. The normalized spacial score (nSPS) is 17.8. The number of rotatable bonds is 5. The summed E-state index contributed by atoms with van der Waals surface area (Å²) in [5.74, 6) is -0.0451. The van der Waals surface area contributed by atoms with Gasteiger partial charge in [0.05, 0.1) is 17.8 Å². The van der Waals surface area contributed by atoms with Crippen molar-refractivity contribution in [2.75, 3.05) is 39.8 Å². The summed E-state index contributed by atoms with van der Waals surface area (Å²) >= 11 is 1.76. The van der Waals surface area contributed by atoms with Gasteiger partial charge in [0.2, 0.25) is 0 Å². The number of aromatic nitrogens is 2. The molecule has 0 radical (unpaired) electrons. The van der Waals surface area contributed by atoms with Gasteiger partial charge in [0.1, 0.15) is 0 Å². The molecule has 0 aromatic carbocycles. The average molecular weight is 347 g/mol. The molecule has 2 aromatic heterocycles. The van der Waals surface area contributed by atoms with Crippen molar-refractivity contribution < 1.29 is 4.79 Å². The molecule has 1 aliphatic heterocycles. The van der Waals surface area contributed by atoms with Crippen molar-refractivity contribution in [1.82, 2.24) is 24.9 Å². The Kier molecular flexibility index (Phi) is 5.33. The average Bonchev–Trinajstić information content (AvgIpc) is 3.21. The molecule has 0 aliphatic carbocycles. The first-order chi connectivity index (χ1) is 11.6. The standard InChI is InChI=1S/C17H25N5OS/c1-13-14(11-19-21(13)3)17(23)18-12-15(16-5-4-10-24-16)22-8-6-20(2)7-9-22/h4-5,10-11,15H,6-9,12H2,1-3H3,(H,18,23)/t15-/m0/s1. The minimum atomic E-state index is -0.0451. The highest BCUT2D eigenvalue weighted by Gasteiger charge is 2.25. The maximum atomic E-state index is 12.5. The molecule has 1 atom stereocenters. The largest absolute Gasteiger partial charge is 0.350 e. The van der Waals surface area contributed by atoms with Crippen LogP contribution in [0.1, 0.15) is 27.0 Å². The first-order valence-electron chi connectivity index (χ1n) is 8.29. The van der Waals surface area contributed by atoms with E-state index in [-0.39, 0.29) is 11.9 Å². The van der Waals surface area contributed by atoms with E-state index >= 15 is 0 Å². The molecule has 6 nitrogen and oxygen atoms in total. The van der Waals surface area contributed by atoms with Gasteiger partial charge < -0.3 is 10.2 Å². The number of likely N-dealkylation sites (N-methyl/N-ethyl adjacent to an activating group) is 1. The maximum absolute atomic E-state index is 12.5. The Bertz CT molecular complexity index is 673. The Hall–Kier alpha value is -1.70. The minimum Gasteiger partial charge on any atom is -0.350 e. The van der Waals surface area contributed by atoms with E-state index in [4.69, 9.17) is 0 Å². The van der Waals surface area contributed by atoms with E-state index in [0.717, 1.165) is 31.9 Å². The number of hydrogen-bond acceptors (Lipinski definition) is 5. The third-order valence-corrected chi connectivity index (χ3v) is 5.76. The number of carbonyl (C=O) groups is 1. The van der Waals surface area contributed by atoms with Gasteiger partial charge >= 0.3 is 0 Å². The molecular formula is C17H25N5OS. The fourth-order valence-electron chi connectivity index (χ4n) is 3.03. The molecule has 3 rings (SSSR count). The van der Waals surface area contributed by atoms with Gasteiger partial charge in [0.25, 0.3) is 5.91 Å². The predicted octanol–water partition coefficient (Wildman–Crippen LogP) is 1.51. The number of nitrogens with zero attached hydrogens (tertiary/aromatic N) is 4. The molecule has 1 saturated heterocycles. The van der Waals surface area contributed by atoms with Gasteiger partial charge in [-0.1, -0.05) is 6.07 Å². The Morgan fingerprint density at radius 1 is 1.33 bits per heavy atom. The molecule has 3 heterocycles. The van der Waals surface area contributed by atoms with Crippen LogP contribution < -0.4 is 5.32 Å². The quantitative estimate of drug-likeness (QED) is 0.891. The lowest BCUT2D eigenvalue weighted by Gasteiger charge is -2.37. The van der Waals surface area contributed by atoms with Crippen molar-refractivity contribution in [3.63, 3.8) is 0 Å². The monoisotopic (exact) mass is 347 g/mol. The highest BCUT2D eigenvalue weighted by molar-refractivity contribution is 7.10. The van der Waals surface area contributed by atoms with Crippen molar-refractivity contribution >= 4 is 17.2 Å². The van der Waals surface area contributed by atoms with Gasteiger partial charge in [-0.25, -0.2) is 0 Å². The summed E-state index contributed by atoms with van der Waals surface area (Å²) in [5, 5.41) is 9.37. The second-order valence-electron chi connectivity index (χ2n) is 6.35. The fraction of sp³-hybridized carbons (Fsp3) is 0.529. The van der Waals surface area contributed by atoms with Crippen LogP contribution in [-0.2, 0) is 7.05 Å². The highest BCUT2D eigenvalue weighted by atomic mass is 32.1. The summed E-state index contributed by atoms with van der Waals surface area (Å²) in [6.07, 6.45) is 1.64. The summed E-state index contributed by atoms with van der Waals surface area (Å²) in [7, 11) is 4.01. The lowest BCUT2D eigenvalue weighted by atomic mass is 10.1. The molecule has 130 valence electrons. The second kappa shape index (κ2) is 7.46. The van der Waals surface area contributed by atoms with E-state index < -0.39 is 0 Å². The smallest absolute Gasteiger partial charge is 0.254 e. The number of piperazine rings is 1. The van der Waals surface area contributed by atoms with Crippen LogP contribution in [0.5, 0.6) is 0 Å². The second-order valence-corrected chi connectivity index (χ2v) is 7.33. The summed E-state index contributed by atoms with van der Waals surface area (Å²) in [4.78, 5) is 18.6.